The minimum Gasteiger partial charge on any atom is -0.459 e. The van der Waals surface area contributed by atoms with Gasteiger partial charge in [0.05, 0.1) is 11.1 Å². The molecule has 132 valence electrons. The molecule has 2 unspecified atom stereocenters. The number of carbonyl (C=O) groups is 1. The fraction of sp³-hybridized carbons (Fsp3) is 0.611. The standard InChI is InChI=1S/C18H19BrN2O3S/c19-18-7-11-3-12(8-18)6-17(5-11,10-18)15(23)24-9-13-4-14(22)21-1-2-25-16(21)20-13/h1-2,4,11-12H,3,5-10H2. The Balaban J connectivity index is 1.36. The van der Waals surface area contributed by atoms with Gasteiger partial charge in [-0.05, 0) is 50.4 Å². The highest BCUT2D eigenvalue weighted by molar-refractivity contribution is 9.10. The van der Waals surface area contributed by atoms with Crippen LogP contribution in [0.15, 0.2) is 22.4 Å². The first kappa shape index (κ1) is 16.0. The van der Waals surface area contributed by atoms with E-state index in [1.807, 2.05) is 5.38 Å². The van der Waals surface area contributed by atoms with Gasteiger partial charge in [0.1, 0.15) is 6.61 Å². The molecule has 2 heterocycles. The van der Waals surface area contributed by atoms with E-state index in [2.05, 4.69) is 20.9 Å². The Labute approximate surface area is 157 Å². The van der Waals surface area contributed by atoms with E-state index >= 15 is 0 Å². The molecule has 0 aromatic carbocycles. The molecule has 25 heavy (non-hydrogen) atoms. The zero-order chi connectivity index (χ0) is 17.2. The molecule has 4 bridgehead atoms. The van der Waals surface area contributed by atoms with Crippen molar-refractivity contribution in [2.45, 2.75) is 49.5 Å². The summed E-state index contributed by atoms with van der Waals surface area (Å²) >= 11 is 5.33. The average molecular weight is 423 g/mol. The second kappa shape index (κ2) is 5.39. The molecule has 0 aliphatic heterocycles. The lowest BCUT2D eigenvalue weighted by molar-refractivity contribution is -0.171. The van der Waals surface area contributed by atoms with Crippen LogP contribution in [-0.2, 0) is 16.1 Å². The Bertz CT molecular complexity index is 906. The van der Waals surface area contributed by atoms with Gasteiger partial charge in [-0.2, -0.15) is 0 Å². The van der Waals surface area contributed by atoms with E-state index in [9.17, 15) is 9.59 Å². The van der Waals surface area contributed by atoms with E-state index in [-0.39, 0.29) is 27.9 Å². The van der Waals surface area contributed by atoms with Gasteiger partial charge in [-0.25, -0.2) is 4.98 Å². The maximum atomic E-state index is 13.0. The summed E-state index contributed by atoms with van der Waals surface area (Å²) in [7, 11) is 0. The molecule has 6 rings (SSSR count). The number of nitrogens with zero attached hydrogens (tertiary/aromatic N) is 2. The highest BCUT2D eigenvalue weighted by Gasteiger charge is 2.60. The van der Waals surface area contributed by atoms with Crippen LogP contribution in [0.4, 0.5) is 0 Å². The molecule has 0 saturated heterocycles. The van der Waals surface area contributed by atoms with Crippen LogP contribution in [0, 0.1) is 17.3 Å². The number of hydrogen-bond acceptors (Lipinski definition) is 5. The van der Waals surface area contributed by atoms with Gasteiger partial charge in [0, 0.05) is 22.0 Å². The normalized spacial score (nSPS) is 36.0. The number of thiazole rings is 1. The lowest BCUT2D eigenvalue weighted by Gasteiger charge is -2.58. The van der Waals surface area contributed by atoms with E-state index in [4.69, 9.17) is 4.74 Å². The van der Waals surface area contributed by atoms with Crippen LogP contribution in [0.5, 0.6) is 0 Å². The first-order valence-corrected chi connectivity index (χ1v) is 10.4. The summed E-state index contributed by atoms with van der Waals surface area (Å²) in [6.45, 7) is 0.0782. The Morgan fingerprint density at radius 2 is 2.12 bits per heavy atom. The number of halogens is 1. The number of carbonyl (C=O) groups excluding carboxylic acids is 1. The van der Waals surface area contributed by atoms with Gasteiger partial charge in [-0.1, -0.05) is 15.9 Å². The Kier molecular flexibility index (Phi) is 3.45. The van der Waals surface area contributed by atoms with Gasteiger partial charge in [0.2, 0.25) is 0 Å². The molecule has 4 saturated carbocycles. The first-order valence-electron chi connectivity index (χ1n) is 8.77. The number of aromatic nitrogens is 2. The van der Waals surface area contributed by atoms with Gasteiger partial charge in [0.25, 0.3) is 5.56 Å². The average Bonchev–Trinajstić information content (AvgIpc) is 2.99. The van der Waals surface area contributed by atoms with Crippen molar-refractivity contribution in [3.63, 3.8) is 0 Å². The lowest BCUT2D eigenvalue weighted by atomic mass is 9.49. The topological polar surface area (TPSA) is 60.7 Å². The number of esters is 1. The van der Waals surface area contributed by atoms with Crippen molar-refractivity contribution in [2.75, 3.05) is 0 Å². The predicted molar refractivity (Wildman–Crippen MR) is 97.9 cm³/mol. The third-order valence-corrected chi connectivity index (χ3v) is 7.81. The number of ether oxygens (including phenoxy) is 1. The lowest BCUT2D eigenvalue weighted by Crippen LogP contribution is -2.56. The second-order valence-corrected chi connectivity index (χ2v) is 10.7. The second-order valence-electron chi connectivity index (χ2n) is 8.11. The molecule has 0 N–H and O–H groups in total. The molecule has 2 atom stereocenters. The van der Waals surface area contributed by atoms with Gasteiger partial charge < -0.3 is 4.74 Å². The highest BCUT2D eigenvalue weighted by Crippen LogP contribution is 2.64. The summed E-state index contributed by atoms with van der Waals surface area (Å²) in [5.74, 6) is 1.18. The summed E-state index contributed by atoms with van der Waals surface area (Å²) < 4.78 is 7.30. The van der Waals surface area contributed by atoms with Crippen molar-refractivity contribution >= 4 is 38.2 Å². The summed E-state index contributed by atoms with van der Waals surface area (Å²) in [5.41, 5.74) is 0.0564. The number of alkyl halides is 1. The van der Waals surface area contributed by atoms with Gasteiger partial charge in [-0.15, -0.1) is 11.3 Å². The Morgan fingerprint density at radius 3 is 2.84 bits per heavy atom. The number of fused-ring (bicyclic) bond motifs is 1. The fourth-order valence-corrected chi connectivity index (χ4v) is 7.83. The van der Waals surface area contributed by atoms with Gasteiger partial charge in [-0.3, -0.25) is 14.0 Å². The molecule has 2 aromatic rings. The monoisotopic (exact) mass is 422 g/mol. The van der Waals surface area contributed by atoms with Crippen molar-refractivity contribution < 1.29 is 9.53 Å². The molecular formula is C18H19BrN2O3S. The molecule has 0 amide bonds. The van der Waals surface area contributed by atoms with Gasteiger partial charge in [0.15, 0.2) is 4.96 Å². The summed E-state index contributed by atoms with van der Waals surface area (Å²) in [6, 6.07) is 1.46. The molecule has 0 radical (unpaired) electrons. The largest absolute Gasteiger partial charge is 0.459 e. The molecule has 7 heteroatoms. The van der Waals surface area contributed by atoms with Crippen molar-refractivity contribution in [3.05, 3.63) is 33.7 Å². The number of hydrogen-bond donors (Lipinski definition) is 0. The van der Waals surface area contributed by atoms with E-state index < -0.39 is 0 Å². The van der Waals surface area contributed by atoms with Crippen molar-refractivity contribution in [3.8, 4) is 0 Å². The Morgan fingerprint density at radius 1 is 1.36 bits per heavy atom. The minimum absolute atomic E-state index is 0.0782. The molecule has 5 nitrogen and oxygen atoms in total. The SMILES string of the molecule is O=C(OCc1cc(=O)n2ccsc2n1)C12CC3CC(CC(Br)(C3)C1)C2. The fourth-order valence-electron chi connectivity index (χ4n) is 5.64. The van der Waals surface area contributed by atoms with Crippen LogP contribution in [-0.4, -0.2) is 19.7 Å². The van der Waals surface area contributed by atoms with Crippen molar-refractivity contribution in [1.82, 2.24) is 9.38 Å². The van der Waals surface area contributed by atoms with Crippen LogP contribution in [0.1, 0.15) is 44.2 Å². The molecular weight excluding hydrogens is 404 g/mol. The molecule has 2 aromatic heterocycles. The first-order chi connectivity index (χ1) is 11.9. The van der Waals surface area contributed by atoms with E-state index in [0.29, 0.717) is 22.5 Å². The third kappa shape index (κ3) is 2.58. The number of rotatable bonds is 3. The Hall–Kier alpha value is -1.21. The van der Waals surface area contributed by atoms with E-state index in [1.54, 1.807) is 6.20 Å². The van der Waals surface area contributed by atoms with Crippen LogP contribution in [0.3, 0.4) is 0 Å². The summed E-state index contributed by atoms with van der Waals surface area (Å²) in [6.07, 6.45) is 8.13. The smallest absolute Gasteiger partial charge is 0.312 e. The summed E-state index contributed by atoms with van der Waals surface area (Å²) in [5, 5.41) is 1.82. The van der Waals surface area contributed by atoms with E-state index in [0.717, 1.165) is 19.3 Å². The van der Waals surface area contributed by atoms with Crippen LogP contribution in [0.2, 0.25) is 0 Å². The zero-order valence-electron chi connectivity index (χ0n) is 13.7. The molecule has 0 spiro atoms. The zero-order valence-corrected chi connectivity index (χ0v) is 16.1. The van der Waals surface area contributed by atoms with Crippen LogP contribution >= 0.6 is 27.3 Å². The molecule has 4 aliphatic carbocycles. The quantitative estimate of drug-likeness (QED) is 0.560. The van der Waals surface area contributed by atoms with Crippen LogP contribution < -0.4 is 5.56 Å². The summed E-state index contributed by atoms with van der Waals surface area (Å²) in [4.78, 5) is 30.1. The molecule has 4 aliphatic rings. The third-order valence-electron chi connectivity index (χ3n) is 6.13. The molecule has 4 fully saturated rings. The van der Waals surface area contributed by atoms with Crippen LogP contribution in [0.25, 0.3) is 4.96 Å². The minimum atomic E-state index is -0.338. The highest BCUT2D eigenvalue weighted by atomic mass is 79.9. The van der Waals surface area contributed by atoms with Gasteiger partial charge >= 0.3 is 5.97 Å². The van der Waals surface area contributed by atoms with E-state index in [1.165, 1.54) is 41.1 Å². The van der Waals surface area contributed by atoms with Crippen molar-refractivity contribution in [1.29, 1.82) is 0 Å². The predicted octanol–water partition coefficient (Wildman–Crippen LogP) is 3.53. The maximum absolute atomic E-state index is 13.0. The van der Waals surface area contributed by atoms with Crippen molar-refractivity contribution in [2.24, 2.45) is 17.3 Å². The maximum Gasteiger partial charge on any atom is 0.312 e.